The molecule has 1 aliphatic rings. The van der Waals surface area contributed by atoms with E-state index >= 15 is 0 Å². The maximum Gasteiger partial charge on any atom is 0.125 e. The molecule has 2 nitrogen and oxygen atoms in total. The molecule has 0 unspecified atom stereocenters. The third-order valence-corrected chi connectivity index (χ3v) is 2.32. The van der Waals surface area contributed by atoms with Crippen LogP contribution in [0.15, 0.2) is 4.99 Å². The molecule has 0 aliphatic carbocycles. The number of amidine groups is 1. The first kappa shape index (κ1) is 10.6. The van der Waals surface area contributed by atoms with Gasteiger partial charge in [0.1, 0.15) is 11.4 Å². The van der Waals surface area contributed by atoms with Crippen LogP contribution in [0.2, 0.25) is 0 Å². The molecule has 0 aromatic heterocycles. The molecule has 0 saturated carbocycles. The van der Waals surface area contributed by atoms with Crippen molar-refractivity contribution < 1.29 is 0 Å². The van der Waals surface area contributed by atoms with E-state index in [0.717, 1.165) is 6.54 Å². The highest BCUT2D eigenvalue weighted by Gasteiger charge is 2.36. The second kappa shape index (κ2) is 3.32. The van der Waals surface area contributed by atoms with E-state index in [1.54, 1.807) is 0 Å². The number of hydrogen-bond donors (Lipinski definition) is 1. The van der Waals surface area contributed by atoms with Crippen LogP contribution in [0, 0.1) is 5.41 Å². The van der Waals surface area contributed by atoms with Gasteiger partial charge in [0, 0.05) is 6.54 Å². The average molecular weight is 182 g/mol. The molecule has 2 heteroatoms. The molecule has 1 N–H and O–H groups in total. The van der Waals surface area contributed by atoms with Crippen molar-refractivity contribution in [2.45, 2.75) is 53.0 Å². The van der Waals surface area contributed by atoms with E-state index in [1.165, 1.54) is 18.7 Å². The summed E-state index contributed by atoms with van der Waals surface area (Å²) >= 11 is 0. The van der Waals surface area contributed by atoms with Gasteiger partial charge in [-0.1, -0.05) is 20.8 Å². The van der Waals surface area contributed by atoms with Crippen LogP contribution >= 0.6 is 0 Å². The second-order valence-electron chi connectivity index (χ2n) is 5.61. The van der Waals surface area contributed by atoms with Gasteiger partial charge < -0.3 is 5.32 Å². The lowest BCUT2D eigenvalue weighted by Gasteiger charge is -2.17. The normalized spacial score (nSPS) is 19.6. The quantitative estimate of drug-likeness (QED) is 0.667. The minimum atomic E-state index is 0.127. The fourth-order valence-electron chi connectivity index (χ4n) is 1.33. The predicted molar refractivity (Wildman–Crippen MR) is 58.2 cm³/mol. The Bertz CT molecular complexity index is 209. The molecular formula is C11H22N2. The van der Waals surface area contributed by atoms with Crippen molar-refractivity contribution in [2.75, 3.05) is 6.54 Å². The largest absolute Gasteiger partial charge is 0.372 e. The Labute approximate surface area is 81.8 Å². The van der Waals surface area contributed by atoms with Crippen molar-refractivity contribution in [3.63, 3.8) is 0 Å². The first-order valence-electron chi connectivity index (χ1n) is 5.15. The van der Waals surface area contributed by atoms with Gasteiger partial charge in [-0.3, -0.25) is 4.99 Å². The Hall–Kier alpha value is -0.530. The highest BCUT2D eigenvalue weighted by atomic mass is 15.2. The van der Waals surface area contributed by atoms with Gasteiger partial charge in [-0.2, -0.15) is 0 Å². The van der Waals surface area contributed by atoms with Crippen LogP contribution in [0.4, 0.5) is 0 Å². The molecule has 0 aromatic carbocycles. The number of hydrogen-bond acceptors (Lipinski definition) is 2. The Morgan fingerprint density at radius 3 is 2.23 bits per heavy atom. The van der Waals surface area contributed by atoms with E-state index in [-0.39, 0.29) is 5.54 Å². The highest BCUT2D eigenvalue weighted by Crippen LogP contribution is 2.24. The zero-order valence-corrected chi connectivity index (χ0v) is 9.57. The zero-order valence-electron chi connectivity index (χ0n) is 9.57. The molecule has 1 aliphatic heterocycles. The summed E-state index contributed by atoms with van der Waals surface area (Å²) in [5, 5.41) is 3.37. The van der Waals surface area contributed by atoms with Crippen LogP contribution in [-0.4, -0.2) is 17.9 Å². The third kappa shape index (κ3) is 3.79. The van der Waals surface area contributed by atoms with E-state index in [9.17, 15) is 0 Å². The molecule has 1 rings (SSSR count). The molecule has 76 valence electrons. The number of rotatable bonds is 3. The molecule has 0 bridgehead atoms. The van der Waals surface area contributed by atoms with Crippen molar-refractivity contribution in [3.8, 4) is 0 Å². The smallest absolute Gasteiger partial charge is 0.125 e. The monoisotopic (exact) mass is 182 g/mol. The molecule has 0 radical (unpaired) electrons. The van der Waals surface area contributed by atoms with E-state index in [1.807, 2.05) is 0 Å². The Kier molecular flexibility index (Phi) is 2.69. The van der Waals surface area contributed by atoms with Crippen molar-refractivity contribution in [2.24, 2.45) is 10.4 Å². The van der Waals surface area contributed by atoms with E-state index < -0.39 is 0 Å². The van der Waals surface area contributed by atoms with Gasteiger partial charge in [0.15, 0.2) is 0 Å². The van der Waals surface area contributed by atoms with E-state index in [4.69, 9.17) is 0 Å². The summed E-state index contributed by atoms with van der Waals surface area (Å²) in [5.41, 5.74) is 0.588. The SMILES string of the molecule is CC(C)(C)CCCNC1=NC1(C)C. The summed E-state index contributed by atoms with van der Waals surface area (Å²) < 4.78 is 0. The maximum absolute atomic E-state index is 4.33. The van der Waals surface area contributed by atoms with Crippen molar-refractivity contribution >= 4 is 5.84 Å². The van der Waals surface area contributed by atoms with Gasteiger partial charge in [0.25, 0.3) is 0 Å². The summed E-state index contributed by atoms with van der Waals surface area (Å²) in [7, 11) is 0. The van der Waals surface area contributed by atoms with Crippen molar-refractivity contribution in [1.82, 2.24) is 5.32 Å². The van der Waals surface area contributed by atoms with Gasteiger partial charge >= 0.3 is 0 Å². The van der Waals surface area contributed by atoms with Crippen molar-refractivity contribution in [3.05, 3.63) is 0 Å². The van der Waals surface area contributed by atoms with Crippen LogP contribution in [0.5, 0.6) is 0 Å². The molecular weight excluding hydrogens is 160 g/mol. The summed E-state index contributed by atoms with van der Waals surface area (Å²) in [5.74, 6) is 1.18. The van der Waals surface area contributed by atoms with Crippen molar-refractivity contribution in [1.29, 1.82) is 0 Å². The van der Waals surface area contributed by atoms with Crippen LogP contribution in [0.25, 0.3) is 0 Å². The summed E-state index contributed by atoms with van der Waals surface area (Å²) in [6.45, 7) is 12.2. The lowest BCUT2D eigenvalue weighted by atomic mass is 9.91. The fraction of sp³-hybridized carbons (Fsp3) is 0.909. The molecule has 0 aromatic rings. The third-order valence-electron chi connectivity index (χ3n) is 2.32. The lowest BCUT2D eigenvalue weighted by Crippen LogP contribution is -2.26. The molecule has 13 heavy (non-hydrogen) atoms. The standard InChI is InChI=1S/C11H22N2/c1-10(2,3)7-6-8-12-9-11(4,5)13-9/h6-8H2,1-5H3,(H,12,13). The Balaban J connectivity index is 2.01. The Morgan fingerprint density at radius 1 is 1.31 bits per heavy atom. The minimum Gasteiger partial charge on any atom is -0.372 e. The van der Waals surface area contributed by atoms with Gasteiger partial charge in [-0.25, -0.2) is 0 Å². The van der Waals surface area contributed by atoms with Gasteiger partial charge in [-0.15, -0.1) is 0 Å². The molecule has 0 amide bonds. The Morgan fingerprint density at radius 2 is 1.85 bits per heavy atom. The number of aliphatic imine (C=N–C) groups is 1. The molecule has 0 atom stereocenters. The summed E-state index contributed by atoms with van der Waals surface area (Å²) in [6, 6.07) is 0. The van der Waals surface area contributed by atoms with E-state index in [2.05, 4.69) is 44.9 Å². The van der Waals surface area contributed by atoms with Gasteiger partial charge in [-0.05, 0) is 32.1 Å². The topological polar surface area (TPSA) is 24.4 Å². The van der Waals surface area contributed by atoms with Gasteiger partial charge in [0.05, 0.1) is 0 Å². The zero-order chi connectivity index (χ0) is 10.1. The molecule has 0 spiro atoms. The maximum atomic E-state index is 4.33. The second-order valence-corrected chi connectivity index (χ2v) is 5.61. The average Bonchev–Trinajstić information content (AvgIpc) is 2.50. The first-order chi connectivity index (χ1) is 5.81. The van der Waals surface area contributed by atoms with Crippen LogP contribution < -0.4 is 5.32 Å². The van der Waals surface area contributed by atoms with Crippen LogP contribution in [-0.2, 0) is 0 Å². The predicted octanol–water partition coefficient (Wildman–Crippen LogP) is 2.59. The molecule has 0 saturated heterocycles. The lowest BCUT2D eigenvalue weighted by molar-refractivity contribution is 0.365. The summed E-state index contributed by atoms with van der Waals surface area (Å²) in [4.78, 5) is 4.33. The number of nitrogens with zero attached hydrogens (tertiary/aromatic N) is 1. The van der Waals surface area contributed by atoms with Crippen LogP contribution in [0.1, 0.15) is 47.5 Å². The molecule has 1 heterocycles. The first-order valence-corrected chi connectivity index (χ1v) is 5.15. The number of nitrogens with one attached hydrogen (secondary N) is 1. The fourth-order valence-corrected chi connectivity index (χ4v) is 1.33. The highest BCUT2D eigenvalue weighted by molar-refractivity contribution is 6.02. The summed E-state index contributed by atoms with van der Waals surface area (Å²) in [6.07, 6.45) is 2.51. The van der Waals surface area contributed by atoms with E-state index in [0.29, 0.717) is 5.41 Å². The minimum absolute atomic E-state index is 0.127. The molecule has 0 fully saturated rings. The van der Waals surface area contributed by atoms with Crippen LogP contribution in [0.3, 0.4) is 0 Å². The van der Waals surface area contributed by atoms with Gasteiger partial charge in [0.2, 0.25) is 0 Å².